The molecular weight excluding hydrogens is 230 g/mol. The number of hydrogen-bond donors (Lipinski definition) is 1. The van der Waals surface area contributed by atoms with Gasteiger partial charge in [-0.05, 0) is 39.0 Å². The van der Waals surface area contributed by atoms with E-state index in [4.69, 9.17) is 9.47 Å². The number of hydrogen-bond acceptors (Lipinski definition) is 4. The number of carbonyl (C=O) groups excluding carboxylic acids is 1. The number of rotatable bonds is 7. The molecule has 0 amide bonds. The number of esters is 1. The number of nitrogens with one attached hydrogen (secondary N) is 1. The Bertz CT molecular complexity index is 237. The third-order valence-corrected chi connectivity index (χ3v) is 3.68. The molecule has 0 spiro atoms. The van der Waals surface area contributed by atoms with Crippen LogP contribution in [-0.4, -0.2) is 38.4 Å². The molecule has 1 rings (SSSR count). The first-order valence-corrected chi connectivity index (χ1v) is 7.12. The maximum Gasteiger partial charge on any atom is 0.308 e. The first-order chi connectivity index (χ1) is 8.71. The zero-order chi connectivity index (χ0) is 13.4. The van der Waals surface area contributed by atoms with Crippen molar-refractivity contribution < 1.29 is 14.3 Å². The highest BCUT2D eigenvalue weighted by molar-refractivity contribution is 5.72. The van der Waals surface area contributed by atoms with E-state index in [1.54, 1.807) is 7.11 Å². The summed E-state index contributed by atoms with van der Waals surface area (Å²) in [6.07, 6.45) is 5.08. The highest BCUT2D eigenvalue weighted by atomic mass is 16.5. The summed E-state index contributed by atoms with van der Waals surface area (Å²) in [6.45, 7) is 5.28. The topological polar surface area (TPSA) is 47.6 Å². The Labute approximate surface area is 110 Å². The third kappa shape index (κ3) is 4.94. The van der Waals surface area contributed by atoms with Crippen LogP contribution >= 0.6 is 0 Å². The van der Waals surface area contributed by atoms with Crippen molar-refractivity contribution in [1.29, 1.82) is 0 Å². The largest absolute Gasteiger partial charge is 0.466 e. The second-order valence-electron chi connectivity index (χ2n) is 5.03. The third-order valence-electron chi connectivity index (χ3n) is 3.68. The van der Waals surface area contributed by atoms with E-state index < -0.39 is 0 Å². The standard InChI is InChI=1S/C14H27NO3/c1-4-12(10-17-3)15-13-8-6-11(7-9-13)14(16)18-5-2/h11-13,15H,4-10H2,1-3H3. The summed E-state index contributed by atoms with van der Waals surface area (Å²) in [5, 5.41) is 3.62. The molecule has 0 aliphatic heterocycles. The van der Waals surface area contributed by atoms with Gasteiger partial charge in [-0.3, -0.25) is 4.79 Å². The second-order valence-corrected chi connectivity index (χ2v) is 5.03. The molecule has 1 unspecified atom stereocenters. The van der Waals surface area contributed by atoms with Crippen LogP contribution in [0.5, 0.6) is 0 Å². The molecule has 0 aromatic rings. The van der Waals surface area contributed by atoms with Gasteiger partial charge in [-0.25, -0.2) is 0 Å². The van der Waals surface area contributed by atoms with Gasteiger partial charge in [-0.15, -0.1) is 0 Å². The first-order valence-electron chi connectivity index (χ1n) is 7.12. The molecule has 0 heterocycles. The molecule has 0 aromatic heterocycles. The Morgan fingerprint density at radius 2 is 1.94 bits per heavy atom. The predicted molar refractivity (Wildman–Crippen MR) is 71.5 cm³/mol. The van der Waals surface area contributed by atoms with Crippen molar-refractivity contribution in [2.75, 3.05) is 20.3 Å². The van der Waals surface area contributed by atoms with Crippen LogP contribution in [0, 0.1) is 5.92 Å². The van der Waals surface area contributed by atoms with Crippen molar-refractivity contribution in [3.63, 3.8) is 0 Å². The molecule has 1 aliphatic rings. The van der Waals surface area contributed by atoms with E-state index in [-0.39, 0.29) is 11.9 Å². The molecule has 0 bridgehead atoms. The summed E-state index contributed by atoms with van der Waals surface area (Å²) < 4.78 is 10.3. The van der Waals surface area contributed by atoms with Crippen LogP contribution < -0.4 is 5.32 Å². The van der Waals surface area contributed by atoms with Crippen LogP contribution in [-0.2, 0) is 14.3 Å². The summed E-state index contributed by atoms with van der Waals surface area (Å²) in [4.78, 5) is 11.6. The molecule has 4 nitrogen and oxygen atoms in total. The minimum Gasteiger partial charge on any atom is -0.466 e. The molecule has 1 atom stereocenters. The van der Waals surface area contributed by atoms with Gasteiger partial charge in [0.2, 0.25) is 0 Å². The highest BCUT2D eigenvalue weighted by Crippen LogP contribution is 2.25. The Hall–Kier alpha value is -0.610. The predicted octanol–water partition coefficient (Wildman–Crippen LogP) is 2.12. The number of methoxy groups -OCH3 is 1. The maximum atomic E-state index is 11.6. The molecular formula is C14H27NO3. The van der Waals surface area contributed by atoms with Gasteiger partial charge in [0.1, 0.15) is 0 Å². The van der Waals surface area contributed by atoms with E-state index in [1.165, 1.54) is 0 Å². The van der Waals surface area contributed by atoms with Crippen molar-refractivity contribution in [3.05, 3.63) is 0 Å². The normalized spacial score (nSPS) is 25.7. The lowest BCUT2D eigenvalue weighted by atomic mass is 9.85. The average molecular weight is 257 g/mol. The molecule has 1 fully saturated rings. The number of ether oxygens (including phenoxy) is 2. The molecule has 0 radical (unpaired) electrons. The molecule has 1 saturated carbocycles. The minimum absolute atomic E-state index is 0.0140. The van der Waals surface area contributed by atoms with Crippen LogP contribution in [0.1, 0.15) is 46.0 Å². The van der Waals surface area contributed by atoms with Gasteiger partial charge in [-0.2, -0.15) is 0 Å². The highest BCUT2D eigenvalue weighted by Gasteiger charge is 2.27. The second kappa shape index (κ2) is 8.48. The SMILES string of the molecule is CCOC(=O)C1CCC(NC(CC)COC)CC1. The van der Waals surface area contributed by atoms with Crippen LogP contribution in [0.3, 0.4) is 0 Å². The first kappa shape index (κ1) is 15.4. The summed E-state index contributed by atoms with van der Waals surface area (Å²) in [7, 11) is 1.74. The van der Waals surface area contributed by atoms with E-state index in [9.17, 15) is 4.79 Å². The van der Waals surface area contributed by atoms with Gasteiger partial charge in [0.25, 0.3) is 0 Å². The van der Waals surface area contributed by atoms with Gasteiger partial charge in [-0.1, -0.05) is 6.92 Å². The van der Waals surface area contributed by atoms with E-state index >= 15 is 0 Å². The summed E-state index contributed by atoms with van der Waals surface area (Å²) in [6, 6.07) is 0.954. The monoisotopic (exact) mass is 257 g/mol. The lowest BCUT2D eigenvalue weighted by Crippen LogP contribution is -2.43. The molecule has 1 N–H and O–H groups in total. The maximum absolute atomic E-state index is 11.6. The Kier molecular flexibility index (Phi) is 7.28. The van der Waals surface area contributed by atoms with Crippen molar-refractivity contribution in [1.82, 2.24) is 5.32 Å². The molecule has 106 valence electrons. The van der Waals surface area contributed by atoms with Crippen LogP contribution in [0.4, 0.5) is 0 Å². The van der Waals surface area contributed by atoms with Crippen molar-refractivity contribution in [3.8, 4) is 0 Å². The average Bonchev–Trinajstić information content (AvgIpc) is 2.39. The Morgan fingerprint density at radius 1 is 1.28 bits per heavy atom. The van der Waals surface area contributed by atoms with Gasteiger partial charge in [0.05, 0.1) is 19.1 Å². The molecule has 4 heteroatoms. The smallest absolute Gasteiger partial charge is 0.308 e. The van der Waals surface area contributed by atoms with Crippen LogP contribution in [0.15, 0.2) is 0 Å². The van der Waals surface area contributed by atoms with Crippen LogP contribution in [0.25, 0.3) is 0 Å². The van der Waals surface area contributed by atoms with Crippen molar-refractivity contribution >= 4 is 5.97 Å². The fourth-order valence-electron chi connectivity index (χ4n) is 2.57. The van der Waals surface area contributed by atoms with E-state index in [1.807, 2.05) is 6.92 Å². The van der Waals surface area contributed by atoms with Crippen molar-refractivity contribution in [2.24, 2.45) is 5.92 Å². The van der Waals surface area contributed by atoms with Gasteiger partial charge < -0.3 is 14.8 Å². The summed E-state index contributed by atoms with van der Waals surface area (Å²) in [5.74, 6) is 0.102. The lowest BCUT2D eigenvalue weighted by Gasteiger charge is -2.30. The molecule has 0 aromatic carbocycles. The van der Waals surface area contributed by atoms with Crippen LogP contribution in [0.2, 0.25) is 0 Å². The Morgan fingerprint density at radius 3 is 2.44 bits per heavy atom. The van der Waals surface area contributed by atoms with E-state index in [0.29, 0.717) is 18.7 Å². The minimum atomic E-state index is -0.0140. The van der Waals surface area contributed by atoms with E-state index in [0.717, 1.165) is 38.7 Å². The van der Waals surface area contributed by atoms with Gasteiger partial charge in [0.15, 0.2) is 0 Å². The quantitative estimate of drug-likeness (QED) is 0.710. The van der Waals surface area contributed by atoms with Gasteiger partial charge >= 0.3 is 5.97 Å². The van der Waals surface area contributed by atoms with E-state index in [2.05, 4.69) is 12.2 Å². The number of carbonyl (C=O) groups is 1. The summed E-state index contributed by atoms with van der Waals surface area (Å²) in [5.41, 5.74) is 0. The fourth-order valence-corrected chi connectivity index (χ4v) is 2.57. The van der Waals surface area contributed by atoms with Crippen molar-refractivity contribution in [2.45, 2.75) is 58.0 Å². The van der Waals surface area contributed by atoms with Gasteiger partial charge in [0, 0.05) is 19.2 Å². The molecule has 0 saturated heterocycles. The zero-order valence-corrected chi connectivity index (χ0v) is 11.9. The Balaban J connectivity index is 2.28. The zero-order valence-electron chi connectivity index (χ0n) is 11.9. The summed E-state index contributed by atoms with van der Waals surface area (Å²) >= 11 is 0. The molecule has 1 aliphatic carbocycles. The lowest BCUT2D eigenvalue weighted by molar-refractivity contribution is -0.149. The molecule has 18 heavy (non-hydrogen) atoms. The fraction of sp³-hybridized carbons (Fsp3) is 0.929.